The van der Waals surface area contributed by atoms with Gasteiger partial charge in [-0.25, -0.2) is 0 Å². The minimum absolute atomic E-state index is 0.0968. The fourth-order valence-corrected chi connectivity index (χ4v) is 11.6. The number of fused-ring (bicyclic) bond motifs is 8. The lowest BCUT2D eigenvalue weighted by Gasteiger charge is -2.42. The zero-order valence-electron chi connectivity index (χ0n) is 37.3. The summed E-state index contributed by atoms with van der Waals surface area (Å²) in [7, 11) is 0. The molecule has 2 aliphatic carbocycles. The van der Waals surface area contributed by atoms with E-state index in [2.05, 4.69) is 223 Å². The molecule has 4 aliphatic rings. The molecule has 2 nitrogen and oxygen atoms in total. The molecule has 0 spiro atoms. The second kappa shape index (κ2) is 12.9. The van der Waals surface area contributed by atoms with Crippen LogP contribution < -0.4 is 9.80 Å². The van der Waals surface area contributed by atoms with Gasteiger partial charge in [-0.05, 0) is 133 Å². The molecule has 7 aromatic rings. The Bertz CT molecular complexity index is 3030. The second-order valence-corrected chi connectivity index (χ2v) is 20.0. The van der Waals surface area contributed by atoms with Crippen LogP contribution in [0.3, 0.4) is 0 Å². The molecule has 2 heteroatoms. The van der Waals surface area contributed by atoms with Crippen molar-refractivity contribution in [2.24, 2.45) is 0 Å². The van der Waals surface area contributed by atoms with Gasteiger partial charge in [0.15, 0.2) is 0 Å². The molecule has 0 amide bonds. The van der Waals surface area contributed by atoms with Crippen molar-refractivity contribution in [3.63, 3.8) is 0 Å². The maximum absolute atomic E-state index is 4.73. The average Bonchev–Trinajstić information content (AvgIpc) is 3.61. The van der Waals surface area contributed by atoms with Crippen molar-refractivity contribution in [3.8, 4) is 11.1 Å². The van der Waals surface area contributed by atoms with Crippen LogP contribution in [-0.4, -0.2) is 0 Å². The summed E-state index contributed by atoms with van der Waals surface area (Å²) in [6.07, 6.45) is 2.30. The molecule has 0 saturated carbocycles. The first-order valence-corrected chi connectivity index (χ1v) is 22.1. The van der Waals surface area contributed by atoms with Gasteiger partial charge in [-0.3, -0.25) is 0 Å². The van der Waals surface area contributed by atoms with Gasteiger partial charge in [0.2, 0.25) is 0 Å². The number of benzene rings is 7. The van der Waals surface area contributed by atoms with Crippen molar-refractivity contribution in [2.45, 2.75) is 77.0 Å². The zero-order valence-corrected chi connectivity index (χ0v) is 37.3. The summed E-state index contributed by atoms with van der Waals surface area (Å²) in [5, 5.41) is 0. The highest BCUT2D eigenvalue weighted by Gasteiger charge is 2.42. The molecule has 0 atom stereocenters. The number of rotatable bonds is 4. The Morgan fingerprint density at radius 1 is 0.403 bits per heavy atom. The van der Waals surface area contributed by atoms with Gasteiger partial charge >= 0.3 is 0 Å². The van der Waals surface area contributed by atoms with Crippen LogP contribution in [-0.2, 0) is 21.7 Å². The molecule has 7 aromatic carbocycles. The van der Waals surface area contributed by atoms with Crippen molar-refractivity contribution >= 4 is 45.3 Å². The van der Waals surface area contributed by atoms with E-state index in [4.69, 9.17) is 13.2 Å². The van der Waals surface area contributed by atoms with Crippen LogP contribution in [0, 0.1) is 0 Å². The topological polar surface area (TPSA) is 6.48 Å². The Hall–Kier alpha value is -6.64. The largest absolute Gasteiger partial charge is 0.310 e. The van der Waals surface area contributed by atoms with Crippen molar-refractivity contribution < 1.29 is 0 Å². The molecule has 2 heterocycles. The minimum Gasteiger partial charge on any atom is -0.310 e. The first kappa shape index (κ1) is 38.3. The van der Waals surface area contributed by atoms with Crippen LogP contribution in [0.2, 0.25) is 0 Å². The third-order valence-corrected chi connectivity index (χ3v) is 15.1. The van der Waals surface area contributed by atoms with Crippen LogP contribution in [0.1, 0.15) is 105 Å². The monoisotopic (exact) mass is 802 g/mol. The van der Waals surface area contributed by atoms with Gasteiger partial charge in [0.1, 0.15) is 0 Å². The van der Waals surface area contributed by atoms with Gasteiger partial charge in [0.25, 0.3) is 0 Å². The van der Waals surface area contributed by atoms with Crippen LogP contribution in [0.25, 0.3) is 22.3 Å². The quantitative estimate of drug-likeness (QED) is 0.175. The average molecular weight is 803 g/mol. The van der Waals surface area contributed by atoms with Crippen molar-refractivity contribution in [1.82, 2.24) is 0 Å². The molecule has 0 bridgehead atoms. The van der Waals surface area contributed by atoms with E-state index >= 15 is 0 Å². The molecule has 0 radical (unpaired) electrons. The maximum Gasteiger partial charge on any atom is 0.0502 e. The Morgan fingerprint density at radius 2 is 0.758 bits per heavy atom. The SMILES string of the molecule is C=C(/C=C1\C(=C)c2ccc(N3c4ccccc4C(C)(C)c4ccccc43)cc2C1(C)C)c1ccc2c(c1)C(C)(C)c1cc(N3c4ccccc4C(C)(C)c4ccccc43)ccc1-2. The Kier molecular flexibility index (Phi) is 7.99. The molecule has 0 N–H and O–H groups in total. The summed E-state index contributed by atoms with van der Waals surface area (Å²) in [4.78, 5) is 4.92. The molecule has 62 heavy (non-hydrogen) atoms. The van der Waals surface area contributed by atoms with Crippen molar-refractivity contribution in [1.29, 1.82) is 0 Å². The highest BCUT2D eigenvalue weighted by atomic mass is 15.2. The number of allylic oxidation sites excluding steroid dienone is 4. The van der Waals surface area contributed by atoms with E-state index in [0.29, 0.717) is 0 Å². The second-order valence-electron chi connectivity index (χ2n) is 20.0. The molecule has 0 fully saturated rings. The Balaban J connectivity index is 0.930. The Morgan fingerprint density at radius 3 is 1.21 bits per heavy atom. The standard InChI is InChI=1S/C60H54N2/c1-37(33-49-38(2)42-31-28-40(35-51(42)59(49,7)8)61-53-23-15-11-19-45(53)57(3,4)46-20-12-16-24-54(46)61)39-27-30-43-44-32-29-41(36-52(44)60(9,10)50(43)34-39)62-55-25-17-13-21-47(55)58(5,6)48-22-14-18-26-56(48)62/h11-36H,1-2H2,3-10H3/b49-33+. The smallest absolute Gasteiger partial charge is 0.0502 e. The number of hydrogen-bond donors (Lipinski definition) is 0. The van der Waals surface area contributed by atoms with Crippen LogP contribution in [0.5, 0.6) is 0 Å². The van der Waals surface area contributed by atoms with Crippen LogP contribution in [0.4, 0.5) is 34.1 Å². The van der Waals surface area contributed by atoms with E-state index in [-0.39, 0.29) is 21.7 Å². The van der Waals surface area contributed by atoms with Crippen molar-refractivity contribution in [3.05, 3.63) is 227 Å². The summed E-state index contributed by atoms with van der Waals surface area (Å²) in [5.74, 6) is 0. The third-order valence-electron chi connectivity index (χ3n) is 15.1. The number of anilines is 6. The normalized spacial score (nSPS) is 18.3. The highest BCUT2D eigenvalue weighted by Crippen LogP contribution is 2.57. The van der Waals surface area contributed by atoms with Gasteiger partial charge in [-0.1, -0.05) is 172 Å². The number of hydrogen-bond acceptors (Lipinski definition) is 2. The Labute approximate surface area is 368 Å². The number of nitrogens with zero attached hydrogens (tertiary/aromatic N) is 2. The molecule has 0 aromatic heterocycles. The highest BCUT2D eigenvalue weighted by molar-refractivity contribution is 5.95. The van der Waals surface area contributed by atoms with E-state index in [0.717, 1.165) is 16.7 Å². The molecular formula is C60H54N2. The summed E-state index contributed by atoms with van der Waals surface area (Å²) >= 11 is 0. The predicted octanol–water partition coefficient (Wildman–Crippen LogP) is 16.2. The van der Waals surface area contributed by atoms with Gasteiger partial charge in [0, 0.05) is 33.0 Å². The minimum atomic E-state index is -0.275. The summed E-state index contributed by atoms with van der Waals surface area (Å²) in [5.41, 5.74) is 24.2. The first-order chi connectivity index (χ1) is 29.6. The van der Waals surface area contributed by atoms with Gasteiger partial charge in [-0.2, -0.15) is 0 Å². The summed E-state index contributed by atoms with van der Waals surface area (Å²) in [6.45, 7) is 28.3. The van der Waals surface area contributed by atoms with Crippen LogP contribution >= 0.6 is 0 Å². The summed E-state index contributed by atoms with van der Waals surface area (Å²) < 4.78 is 0. The van der Waals surface area contributed by atoms with Gasteiger partial charge in [0.05, 0.1) is 22.7 Å². The molecule has 2 aliphatic heterocycles. The fraction of sp³-hybridized carbons (Fsp3) is 0.200. The van der Waals surface area contributed by atoms with E-state index in [1.165, 1.54) is 95.3 Å². The maximum atomic E-state index is 4.73. The predicted molar refractivity (Wildman–Crippen MR) is 263 cm³/mol. The van der Waals surface area contributed by atoms with Gasteiger partial charge in [-0.15, -0.1) is 0 Å². The van der Waals surface area contributed by atoms with E-state index in [1.807, 2.05) is 0 Å². The van der Waals surface area contributed by atoms with E-state index < -0.39 is 0 Å². The van der Waals surface area contributed by atoms with Crippen LogP contribution in [0.15, 0.2) is 176 Å². The lowest BCUT2D eigenvalue weighted by atomic mass is 9.73. The first-order valence-electron chi connectivity index (χ1n) is 22.1. The molecule has 304 valence electrons. The molecule has 0 unspecified atom stereocenters. The molecule has 11 rings (SSSR count). The molecular weight excluding hydrogens is 749 g/mol. The lowest BCUT2D eigenvalue weighted by Crippen LogP contribution is -2.30. The lowest BCUT2D eigenvalue weighted by molar-refractivity contribution is 0.631. The van der Waals surface area contributed by atoms with Crippen molar-refractivity contribution in [2.75, 3.05) is 9.80 Å². The third kappa shape index (κ3) is 5.16. The van der Waals surface area contributed by atoms with E-state index in [1.54, 1.807) is 0 Å². The number of para-hydroxylation sites is 4. The molecule has 0 saturated heterocycles. The summed E-state index contributed by atoms with van der Waals surface area (Å²) in [6, 6.07) is 56.6. The van der Waals surface area contributed by atoms with Gasteiger partial charge < -0.3 is 9.80 Å². The van der Waals surface area contributed by atoms with E-state index in [9.17, 15) is 0 Å². The fourth-order valence-electron chi connectivity index (χ4n) is 11.6. The zero-order chi connectivity index (χ0) is 43.1.